The van der Waals surface area contributed by atoms with Crippen molar-refractivity contribution in [1.29, 1.82) is 0 Å². The van der Waals surface area contributed by atoms with Crippen LogP contribution in [0.3, 0.4) is 0 Å². The van der Waals surface area contributed by atoms with Gasteiger partial charge in [0, 0.05) is 23.1 Å². The van der Waals surface area contributed by atoms with Gasteiger partial charge in [-0.25, -0.2) is 0 Å². The van der Waals surface area contributed by atoms with E-state index in [4.69, 9.17) is 9.63 Å². The first-order valence-corrected chi connectivity index (χ1v) is 8.74. The number of nitrogens with zero attached hydrogens (tertiary/aromatic N) is 1. The fraction of sp³-hybridized carbons (Fsp3) is 0.294. The standard InChI is InChI=1S/C17H19N3O5S/c1-10-9-14(20-25-10)19-17(24)11(2)26-13-5-3-12(4-6-13)18-15(21)7-8-16(22)23/h3-6,9,11H,7-8H2,1-2H3,(H,18,21)(H,22,23)(H,19,20,24). The highest BCUT2D eigenvalue weighted by Gasteiger charge is 2.16. The van der Waals surface area contributed by atoms with E-state index in [1.54, 1.807) is 44.2 Å². The number of carboxylic acids is 1. The summed E-state index contributed by atoms with van der Waals surface area (Å²) in [6.07, 6.45) is -0.290. The Labute approximate surface area is 154 Å². The van der Waals surface area contributed by atoms with E-state index < -0.39 is 5.97 Å². The molecule has 1 atom stereocenters. The summed E-state index contributed by atoms with van der Waals surface area (Å²) in [6, 6.07) is 8.60. The van der Waals surface area contributed by atoms with Gasteiger partial charge in [-0.15, -0.1) is 11.8 Å². The molecule has 9 heteroatoms. The number of benzene rings is 1. The quantitative estimate of drug-likeness (QED) is 0.605. The van der Waals surface area contributed by atoms with E-state index in [0.29, 0.717) is 17.3 Å². The van der Waals surface area contributed by atoms with Gasteiger partial charge in [0.05, 0.1) is 11.7 Å². The summed E-state index contributed by atoms with van der Waals surface area (Å²) in [5.41, 5.74) is 0.569. The molecule has 0 aliphatic heterocycles. The normalized spacial score (nSPS) is 11.6. The second-order valence-corrected chi connectivity index (χ2v) is 6.95. The number of thioether (sulfide) groups is 1. The fourth-order valence-corrected chi connectivity index (χ4v) is 2.84. The van der Waals surface area contributed by atoms with Crippen LogP contribution in [0.5, 0.6) is 0 Å². The highest BCUT2D eigenvalue weighted by molar-refractivity contribution is 8.00. The summed E-state index contributed by atoms with van der Waals surface area (Å²) >= 11 is 1.36. The van der Waals surface area contributed by atoms with Crippen LogP contribution in [0.1, 0.15) is 25.5 Å². The summed E-state index contributed by atoms with van der Waals surface area (Å²) in [4.78, 5) is 35.0. The van der Waals surface area contributed by atoms with Gasteiger partial charge in [-0.2, -0.15) is 0 Å². The molecular weight excluding hydrogens is 358 g/mol. The lowest BCUT2D eigenvalue weighted by Gasteiger charge is -2.11. The van der Waals surface area contributed by atoms with E-state index in [2.05, 4.69) is 15.8 Å². The van der Waals surface area contributed by atoms with Crippen LogP contribution in [0.4, 0.5) is 11.5 Å². The Hall–Kier alpha value is -2.81. The predicted octanol–water partition coefficient (Wildman–Crippen LogP) is 2.91. The van der Waals surface area contributed by atoms with Crippen molar-refractivity contribution < 1.29 is 24.0 Å². The van der Waals surface area contributed by atoms with Crippen LogP contribution < -0.4 is 10.6 Å². The van der Waals surface area contributed by atoms with Crippen molar-refractivity contribution in [2.24, 2.45) is 0 Å². The van der Waals surface area contributed by atoms with Crippen LogP contribution in [0.15, 0.2) is 39.8 Å². The van der Waals surface area contributed by atoms with Crippen molar-refractivity contribution in [2.75, 3.05) is 10.6 Å². The monoisotopic (exact) mass is 377 g/mol. The van der Waals surface area contributed by atoms with Crippen molar-refractivity contribution in [1.82, 2.24) is 5.16 Å². The number of nitrogens with one attached hydrogen (secondary N) is 2. The smallest absolute Gasteiger partial charge is 0.303 e. The fourth-order valence-electron chi connectivity index (χ4n) is 1.97. The number of hydrogen-bond acceptors (Lipinski definition) is 6. The third kappa shape index (κ3) is 6.25. The van der Waals surface area contributed by atoms with Crippen LogP contribution >= 0.6 is 11.8 Å². The van der Waals surface area contributed by atoms with Crippen LogP contribution in [-0.4, -0.2) is 33.3 Å². The van der Waals surface area contributed by atoms with Gasteiger partial charge in [0.15, 0.2) is 5.82 Å². The highest BCUT2D eigenvalue weighted by Crippen LogP contribution is 2.25. The number of amides is 2. The van der Waals surface area contributed by atoms with Crippen molar-refractivity contribution >= 4 is 41.1 Å². The first-order chi connectivity index (χ1) is 12.3. The van der Waals surface area contributed by atoms with Gasteiger partial charge in [-0.3, -0.25) is 14.4 Å². The van der Waals surface area contributed by atoms with Crippen molar-refractivity contribution in [2.45, 2.75) is 36.8 Å². The Morgan fingerprint density at radius 3 is 2.46 bits per heavy atom. The molecule has 26 heavy (non-hydrogen) atoms. The Kier molecular flexibility index (Phi) is 6.79. The van der Waals surface area contributed by atoms with Gasteiger partial charge in [0.2, 0.25) is 11.8 Å². The topological polar surface area (TPSA) is 122 Å². The van der Waals surface area contributed by atoms with E-state index in [0.717, 1.165) is 4.90 Å². The molecule has 0 fully saturated rings. The second kappa shape index (κ2) is 9.04. The lowest BCUT2D eigenvalue weighted by molar-refractivity contribution is -0.138. The zero-order valence-electron chi connectivity index (χ0n) is 14.3. The molecule has 1 aromatic carbocycles. The molecule has 0 saturated carbocycles. The molecule has 2 rings (SSSR count). The summed E-state index contributed by atoms with van der Waals surface area (Å²) in [5, 5.41) is 17.2. The first-order valence-electron chi connectivity index (χ1n) is 7.86. The van der Waals surface area contributed by atoms with Crippen molar-refractivity contribution in [3.8, 4) is 0 Å². The molecule has 2 amide bonds. The van der Waals surface area contributed by atoms with Gasteiger partial charge < -0.3 is 20.3 Å². The predicted molar refractivity (Wildman–Crippen MR) is 97.1 cm³/mol. The molecule has 0 spiro atoms. The highest BCUT2D eigenvalue weighted by atomic mass is 32.2. The van der Waals surface area contributed by atoms with E-state index >= 15 is 0 Å². The lowest BCUT2D eigenvalue weighted by atomic mass is 10.2. The molecule has 0 radical (unpaired) electrons. The number of aryl methyl sites for hydroxylation is 1. The molecule has 1 aromatic heterocycles. The lowest BCUT2D eigenvalue weighted by Crippen LogP contribution is -2.22. The van der Waals surface area contributed by atoms with Crippen molar-refractivity contribution in [3.05, 3.63) is 36.1 Å². The van der Waals surface area contributed by atoms with Gasteiger partial charge >= 0.3 is 5.97 Å². The average Bonchev–Trinajstić information content (AvgIpc) is 2.99. The first kappa shape index (κ1) is 19.5. The van der Waals surface area contributed by atoms with Crippen molar-refractivity contribution in [3.63, 3.8) is 0 Å². The molecule has 2 aromatic rings. The maximum Gasteiger partial charge on any atom is 0.303 e. The number of aromatic nitrogens is 1. The minimum absolute atomic E-state index is 0.0788. The number of carboxylic acid groups (broad SMARTS) is 1. The number of carbonyl (C=O) groups is 3. The number of anilines is 2. The molecule has 0 aliphatic rings. The summed E-state index contributed by atoms with van der Waals surface area (Å²) in [6.45, 7) is 3.51. The minimum Gasteiger partial charge on any atom is -0.481 e. The Balaban J connectivity index is 1.84. The second-order valence-electron chi connectivity index (χ2n) is 5.54. The molecule has 1 unspecified atom stereocenters. The minimum atomic E-state index is -1.01. The van der Waals surface area contributed by atoms with Gasteiger partial charge in [-0.05, 0) is 38.1 Å². The largest absolute Gasteiger partial charge is 0.481 e. The summed E-state index contributed by atoms with van der Waals surface area (Å²) in [5.74, 6) is -0.585. The average molecular weight is 377 g/mol. The van der Waals surface area contributed by atoms with Gasteiger partial charge in [0.1, 0.15) is 5.76 Å². The number of aliphatic carboxylic acids is 1. The molecule has 138 valence electrons. The molecule has 1 heterocycles. The van der Waals surface area contributed by atoms with Crippen LogP contribution in [-0.2, 0) is 14.4 Å². The number of carbonyl (C=O) groups excluding carboxylic acids is 2. The maximum atomic E-state index is 12.1. The third-order valence-electron chi connectivity index (χ3n) is 3.27. The number of hydrogen-bond donors (Lipinski definition) is 3. The molecule has 3 N–H and O–H groups in total. The zero-order valence-corrected chi connectivity index (χ0v) is 15.1. The van der Waals surface area contributed by atoms with Crippen LogP contribution in [0, 0.1) is 6.92 Å². The van der Waals surface area contributed by atoms with Gasteiger partial charge in [-0.1, -0.05) is 5.16 Å². The summed E-state index contributed by atoms with van der Waals surface area (Å²) < 4.78 is 4.90. The van der Waals surface area contributed by atoms with Crippen LogP contribution in [0.2, 0.25) is 0 Å². The molecular formula is C17H19N3O5S. The maximum absolute atomic E-state index is 12.1. The Morgan fingerprint density at radius 2 is 1.88 bits per heavy atom. The SMILES string of the molecule is Cc1cc(NC(=O)C(C)Sc2ccc(NC(=O)CCC(=O)O)cc2)no1. The molecule has 0 bridgehead atoms. The van der Waals surface area contributed by atoms with Crippen LogP contribution in [0.25, 0.3) is 0 Å². The van der Waals surface area contributed by atoms with E-state index in [1.807, 2.05) is 0 Å². The van der Waals surface area contributed by atoms with E-state index in [1.165, 1.54) is 11.8 Å². The van der Waals surface area contributed by atoms with E-state index in [9.17, 15) is 14.4 Å². The third-order valence-corrected chi connectivity index (χ3v) is 4.38. The Morgan fingerprint density at radius 1 is 1.19 bits per heavy atom. The molecule has 0 aliphatic carbocycles. The zero-order chi connectivity index (χ0) is 19.1. The van der Waals surface area contributed by atoms with E-state index in [-0.39, 0.29) is 29.9 Å². The Bertz CT molecular complexity index is 788. The molecule has 0 saturated heterocycles. The van der Waals surface area contributed by atoms with Gasteiger partial charge in [0.25, 0.3) is 0 Å². The summed E-state index contributed by atoms with van der Waals surface area (Å²) in [7, 11) is 0. The molecule has 8 nitrogen and oxygen atoms in total. The number of rotatable bonds is 8.